The van der Waals surface area contributed by atoms with Gasteiger partial charge < -0.3 is 15.0 Å². The van der Waals surface area contributed by atoms with E-state index in [0.29, 0.717) is 32.0 Å². The molecule has 0 spiro atoms. The highest BCUT2D eigenvalue weighted by Gasteiger charge is 2.48. The van der Waals surface area contributed by atoms with Gasteiger partial charge in [-0.3, -0.25) is 0 Å². The molecule has 0 saturated carbocycles. The molecule has 1 saturated heterocycles. The molecular weight excluding hydrogens is 392 g/mol. The molecule has 1 amide bonds. The summed E-state index contributed by atoms with van der Waals surface area (Å²) in [5.74, 6) is -1.09. The second-order valence-electron chi connectivity index (χ2n) is 6.43. The second-order valence-corrected chi connectivity index (χ2v) is 8.34. The maximum atomic E-state index is 13.4. The van der Waals surface area contributed by atoms with Crippen molar-refractivity contribution in [3.63, 3.8) is 0 Å². The van der Waals surface area contributed by atoms with Gasteiger partial charge in [-0.05, 0) is 44.9 Å². The molecule has 1 aliphatic heterocycles. The van der Waals surface area contributed by atoms with Crippen LogP contribution in [0.25, 0.3) is 0 Å². The number of nitrogens with one attached hydrogen (secondary N) is 1. The molecule has 152 valence electrons. The van der Waals surface area contributed by atoms with Gasteiger partial charge in [0.1, 0.15) is 10.7 Å². The smallest absolute Gasteiger partial charge is 0.447 e. The van der Waals surface area contributed by atoms with E-state index in [1.807, 2.05) is 0 Å². The van der Waals surface area contributed by atoms with Gasteiger partial charge in [0.25, 0.3) is 9.84 Å². The Morgan fingerprint density at radius 1 is 1.26 bits per heavy atom. The zero-order valence-electron chi connectivity index (χ0n) is 14.7. The van der Waals surface area contributed by atoms with Crippen molar-refractivity contribution in [3.05, 3.63) is 24.0 Å². The van der Waals surface area contributed by atoms with Gasteiger partial charge in [0.15, 0.2) is 0 Å². The Morgan fingerprint density at radius 2 is 1.85 bits per heavy atom. The van der Waals surface area contributed by atoms with Gasteiger partial charge in [-0.1, -0.05) is 0 Å². The first-order valence-electron chi connectivity index (χ1n) is 8.25. The van der Waals surface area contributed by atoms with Crippen LogP contribution in [-0.4, -0.2) is 50.2 Å². The predicted molar refractivity (Wildman–Crippen MR) is 89.5 cm³/mol. The standard InChI is InChI=1S/C16H20F4N2O4S/c1-10(2)26-15(23)22-7-5-12(6-8-22)21-13-4-3-11(17)9-14(13)27(24,25)16(18,19)20/h3-4,9-10,12,21H,5-8H2,1-2H3. The third-order valence-electron chi connectivity index (χ3n) is 3.99. The highest BCUT2D eigenvalue weighted by Crippen LogP contribution is 2.35. The van der Waals surface area contributed by atoms with Crippen LogP contribution in [0.3, 0.4) is 0 Å². The highest BCUT2D eigenvalue weighted by molar-refractivity contribution is 7.92. The Hall–Kier alpha value is -2.04. The molecule has 1 N–H and O–H groups in total. The minimum atomic E-state index is -5.71. The lowest BCUT2D eigenvalue weighted by Crippen LogP contribution is -2.43. The van der Waals surface area contributed by atoms with Crippen LogP contribution in [0.2, 0.25) is 0 Å². The van der Waals surface area contributed by atoms with E-state index in [9.17, 15) is 30.8 Å². The highest BCUT2D eigenvalue weighted by atomic mass is 32.2. The molecule has 0 atom stereocenters. The minimum absolute atomic E-state index is 0.275. The first kappa shape index (κ1) is 21.3. The fraction of sp³-hybridized carbons (Fsp3) is 0.562. The lowest BCUT2D eigenvalue weighted by atomic mass is 10.1. The van der Waals surface area contributed by atoms with Crippen molar-refractivity contribution >= 4 is 21.6 Å². The molecule has 6 nitrogen and oxygen atoms in total. The molecule has 0 unspecified atom stereocenters. The first-order valence-corrected chi connectivity index (χ1v) is 9.73. The Kier molecular flexibility index (Phi) is 6.23. The summed E-state index contributed by atoms with van der Waals surface area (Å²) in [6.45, 7) is 4.02. The Labute approximate surface area is 154 Å². The average Bonchev–Trinajstić information content (AvgIpc) is 2.55. The largest absolute Gasteiger partial charge is 0.501 e. The van der Waals surface area contributed by atoms with Crippen LogP contribution < -0.4 is 5.32 Å². The molecule has 27 heavy (non-hydrogen) atoms. The van der Waals surface area contributed by atoms with E-state index >= 15 is 0 Å². The number of likely N-dealkylation sites (tertiary alicyclic amines) is 1. The minimum Gasteiger partial charge on any atom is -0.447 e. The number of piperidine rings is 1. The average molecular weight is 412 g/mol. The number of hydrogen-bond acceptors (Lipinski definition) is 5. The molecule has 1 heterocycles. The number of ether oxygens (including phenoxy) is 1. The number of carbonyl (C=O) groups is 1. The van der Waals surface area contributed by atoms with Crippen LogP contribution in [-0.2, 0) is 14.6 Å². The van der Waals surface area contributed by atoms with Gasteiger partial charge in [0, 0.05) is 19.1 Å². The molecule has 1 aromatic carbocycles. The van der Waals surface area contributed by atoms with Crippen molar-refractivity contribution in [2.45, 2.75) is 49.2 Å². The van der Waals surface area contributed by atoms with Gasteiger partial charge in [-0.15, -0.1) is 0 Å². The van der Waals surface area contributed by atoms with Crippen molar-refractivity contribution in [1.29, 1.82) is 0 Å². The molecule has 0 aromatic heterocycles. The van der Waals surface area contributed by atoms with E-state index in [4.69, 9.17) is 4.74 Å². The first-order chi connectivity index (χ1) is 12.4. The summed E-state index contributed by atoms with van der Waals surface area (Å²) in [6.07, 6.45) is -0.0140. The number of amides is 1. The van der Waals surface area contributed by atoms with E-state index in [2.05, 4.69) is 5.32 Å². The van der Waals surface area contributed by atoms with E-state index < -0.39 is 32.2 Å². The third kappa shape index (κ3) is 5.02. The second kappa shape index (κ2) is 7.91. The topological polar surface area (TPSA) is 75.7 Å². The van der Waals surface area contributed by atoms with E-state index in [1.54, 1.807) is 13.8 Å². The summed E-state index contributed by atoms with van der Waals surface area (Å²) in [4.78, 5) is 12.2. The number of rotatable bonds is 4. The monoisotopic (exact) mass is 412 g/mol. The summed E-state index contributed by atoms with van der Waals surface area (Å²) in [5, 5.41) is 2.73. The summed E-state index contributed by atoms with van der Waals surface area (Å²) in [7, 11) is -5.71. The summed E-state index contributed by atoms with van der Waals surface area (Å²) in [6, 6.07) is 1.82. The van der Waals surface area contributed by atoms with Crippen molar-refractivity contribution in [2.24, 2.45) is 0 Å². The molecule has 1 aromatic rings. The summed E-state index contributed by atoms with van der Waals surface area (Å²) >= 11 is 0. The zero-order valence-corrected chi connectivity index (χ0v) is 15.5. The lowest BCUT2D eigenvalue weighted by molar-refractivity contribution is -0.0435. The van der Waals surface area contributed by atoms with Gasteiger partial charge in [-0.2, -0.15) is 13.2 Å². The predicted octanol–water partition coefficient (Wildman–Crippen LogP) is 3.54. The molecule has 0 radical (unpaired) electrons. The molecule has 2 rings (SSSR count). The van der Waals surface area contributed by atoms with Gasteiger partial charge >= 0.3 is 11.6 Å². The number of hydrogen-bond donors (Lipinski definition) is 1. The van der Waals surface area contributed by atoms with Crippen molar-refractivity contribution in [3.8, 4) is 0 Å². The van der Waals surface area contributed by atoms with E-state index in [0.717, 1.165) is 12.1 Å². The van der Waals surface area contributed by atoms with Crippen LogP contribution in [0.5, 0.6) is 0 Å². The number of carbonyl (C=O) groups excluding carboxylic acids is 1. The van der Waals surface area contributed by atoms with Crippen LogP contribution in [0.1, 0.15) is 26.7 Å². The molecule has 0 aliphatic carbocycles. The van der Waals surface area contributed by atoms with Crippen molar-refractivity contribution in [1.82, 2.24) is 4.90 Å². The fourth-order valence-corrected chi connectivity index (χ4v) is 3.60. The van der Waals surface area contributed by atoms with Crippen LogP contribution >= 0.6 is 0 Å². The molecular formula is C16H20F4N2O4S. The van der Waals surface area contributed by atoms with Crippen molar-refractivity contribution in [2.75, 3.05) is 18.4 Å². The molecule has 1 fully saturated rings. The number of nitrogens with zero attached hydrogens (tertiary/aromatic N) is 1. The molecule has 11 heteroatoms. The van der Waals surface area contributed by atoms with Gasteiger partial charge in [0.05, 0.1) is 11.8 Å². The normalized spacial score (nSPS) is 16.5. The van der Waals surface area contributed by atoms with E-state index in [1.165, 1.54) is 4.90 Å². The summed E-state index contributed by atoms with van der Waals surface area (Å²) in [5.41, 5.74) is -5.86. The maximum Gasteiger partial charge on any atom is 0.501 e. The maximum absolute atomic E-state index is 13.4. The lowest BCUT2D eigenvalue weighted by Gasteiger charge is -2.33. The van der Waals surface area contributed by atoms with Gasteiger partial charge in [-0.25, -0.2) is 17.6 Å². The quantitative estimate of drug-likeness (QED) is 0.766. The third-order valence-corrected chi connectivity index (χ3v) is 5.51. The Morgan fingerprint density at radius 3 is 2.37 bits per heavy atom. The molecule has 0 bridgehead atoms. The van der Waals surface area contributed by atoms with Crippen molar-refractivity contribution < 1.29 is 35.5 Å². The number of anilines is 1. The van der Waals surface area contributed by atoms with E-state index in [-0.39, 0.29) is 17.8 Å². The number of sulfone groups is 1. The summed E-state index contributed by atoms with van der Waals surface area (Å²) < 4.78 is 80.4. The van der Waals surface area contributed by atoms with Crippen LogP contribution in [0.4, 0.5) is 28.0 Å². The van der Waals surface area contributed by atoms with Crippen LogP contribution in [0, 0.1) is 5.82 Å². The Balaban J connectivity index is 2.13. The fourth-order valence-electron chi connectivity index (χ4n) is 2.66. The Bertz CT molecular complexity index is 788. The zero-order chi connectivity index (χ0) is 20.4. The number of halogens is 4. The van der Waals surface area contributed by atoms with Crippen LogP contribution in [0.15, 0.2) is 23.1 Å². The number of alkyl halides is 3. The SMILES string of the molecule is CC(C)OC(=O)N1CCC(Nc2ccc(F)cc2S(=O)(=O)C(F)(F)F)CC1. The molecule has 1 aliphatic rings. The van der Waals surface area contributed by atoms with Gasteiger partial charge in [0.2, 0.25) is 0 Å². The number of benzene rings is 1.